The number of methoxy groups -OCH3 is 1. The highest BCUT2D eigenvalue weighted by molar-refractivity contribution is 5.96. The summed E-state index contributed by atoms with van der Waals surface area (Å²) in [7, 11) is 1.32. The van der Waals surface area contributed by atoms with Crippen LogP contribution in [0.4, 0.5) is 0 Å². The van der Waals surface area contributed by atoms with Crippen LogP contribution in [0.5, 0.6) is 0 Å². The van der Waals surface area contributed by atoms with Crippen molar-refractivity contribution in [1.82, 2.24) is 10.2 Å². The van der Waals surface area contributed by atoms with Crippen molar-refractivity contribution in [3.05, 3.63) is 59.0 Å². The van der Waals surface area contributed by atoms with Crippen LogP contribution in [0.1, 0.15) is 49.7 Å². The first-order valence-corrected chi connectivity index (χ1v) is 8.82. The third kappa shape index (κ3) is 4.19. The number of hydrogen-bond donors (Lipinski definition) is 1. The van der Waals surface area contributed by atoms with Gasteiger partial charge < -0.3 is 19.4 Å². The van der Waals surface area contributed by atoms with E-state index in [0.717, 1.165) is 5.56 Å². The zero-order valence-corrected chi connectivity index (χ0v) is 15.4. The molecule has 7 nitrogen and oxygen atoms in total. The van der Waals surface area contributed by atoms with Gasteiger partial charge in [-0.05, 0) is 50.1 Å². The Labute approximate surface area is 157 Å². The third-order valence-electron chi connectivity index (χ3n) is 4.74. The molecule has 0 radical (unpaired) electrons. The first-order valence-electron chi connectivity index (χ1n) is 8.82. The second-order valence-corrected chi connectivity index (χ2v) is 6.54. The summed E-state index contributed by atoms with van der Waals surface area (Å²) < 4.78 is 9.86. The van der Waals surface area contributed by atoms with Crippen molar-refractivity contribution in [2.75, 3.05) is 20.2 Å². The third-order valence-corrected chi connectivity index (χ3v) is 4.74. The number of likely N-dealkylation sites (tertiary alicyclic amines) is 1. The number of piperidine rings is 1. The summed E-state index contributed by atoms with van der Waals surface area (Å²) in [6.07, 6.45) is 2.85. The zero-order chi connectivity index (χ0) is 19.4. The molecule has 2 aromatic rings. The fourth-order valence-corrected chi connectivity index (χ4v) is 3.13. The molecule has 0 aliphatic carbocycles. The van der Waals surface area contributed by atoms with E-state index >= 15 is 0 Å². The van der Waals surface area contributed by atoms with E-state index in [2.05, 4.69) is 10.1 Å². The molecule has 1 saturated heterocycles. The highest BCUT2D eigenvalue weighted by atomic mass is 16.5. The van der Waals surface area contributed by atoms with Crippen LogP contribution >= 0.6 is 0 Å². The lowest BCUT2D eigenvalue weighted by atomic mass is 10.0. The second-order valence-electron chi connectivity index (χ2n) is 6.54. The van der Waals surface area contributed by atoms with Crippen LogP contribution in [0.3, 0.4) is 0 Å². The van der Waals surface area contributed by atoms with Crippen molar-refractivity contribution >= 4 is 17.8 Å². The number of hydrogen-bond acceptors (Lipinski definition) is 5. The molecule has 1 N–H and O–H groups in total. The Bertz CT molecular complexity index is 832. The van der Waals surface area contributed by atoms with E-state index < -0.39 is 5.97 Å². The molecule has 1 aromatic carbocycles. The predicted octanol–water partition coefficient (Wildman–Crippen LogP) is 2.41. The van der Waals surface area contributed by atoms with E-state index in [1.54, 1.807) is 35.2 Å². The van der Waals surface area contributed by atoms with Gasteiger partial charge in [0.2, 0.25) is 0 Å². The standard InChI is InChI=1S/C20H22N2O5/c1-13-9-12-27-17(13)18(23)21-16-7-10-22(11-8-16)19(24)14-3-5-15(6-4-14)20(25)26-2/h3-6,9,12,16H,7-8,10-11H2,1-2H3,(H,21,23). The van der Waals surface area contributed by atoms with Crippen molar-refractivity contribution < 1.29 is 23.5 Å². The second kappa shape index (κ2) is 8.07. The van der Waals surface area contributed by atoms with Crippen molar-refractivity contribution in [3.63, 3.8) is 0 Å². The van der Waals surface area contributed by atoms with Gasteiger partial charge in [-0.1, -0.05) is 0 Å². The largest absolute Gasteiger partial charge is 0.465 e. The van der Waals surface area contributed by atoms with Crippen LogP contribution in [-0.2, 0) is 4.74 Å². The van der Waals surface area contributed by atoms with Gasteiger partial charge in [0.1, 0.15) is 0 Å². The van der Waals surface area contributed by atoms with Gasteiger partial charge in [0, 0.05) is 30.3 Å². The summed E-state index contributed by atoms with van der Waals surface area (Å²) in [5, 5.41) is 2.97. The van der Waals surface area contributed by atoms with Crippen LogP contribution in [0, 0.1) is 6.92 Å². The Morgan fingerprint density at radius 3 is 2.26 bits per heavy atom. The molecular weight excluding hydrogens is 348 g/mol. The van der Waals surface area contributed by atoms with E-state index in [0.29, 0.717) is 42.8 Å². The maximum atomic E-state index is 12.6. The van der Waals surface area contributed by atoms with Crippen LogP contribution in [-0.4, -0.2) is 48.9 Å². The molecule has 0 unspecified atom stereocenters. The van der Waals surface area contributed by atoms with Crippen molar-refractivity contribution in [3.8, 4) is 0 Å². The van der Waals surface area contributed by atoms with Crippen molar-refractivity contribution in [1.29, 1.82) is 0 Å². The first-order chi connectivity index (χ1) is 13.0. The monoisotopic (exact) mass is 370 g/mol. The van der Waals surface area contributed by atoms with Crippen molar-refractivity contribution in [2.45, 2.75) is 25.8 Å². The molecule has 3 rings (SSSR count). The lowest BCUT2D eigenvalue weighted by molar-refractivity contribution is 0.0598. The number of aryl methyl sites for hydroxylation is 1. The molecule has 0 atom stereocenters. The summed E-state index contributed by atoms with van der Waals surface area (Å²) in [5.74, 6) is -0.407. The summed E-state index contributed by atoms with van der Waals surface area (Å²) in [6.45, 7) is 2.94. The molecule has 0 spiro atoms. The number of nitrogens with one attached hydrogen (secondary N) is 1. The molecule has 2 amide bonds. The fourth-order valence-electron chi connectivity index (χ4n) is 3.13. The number of carbonyl (C=O) groups excluding carboxylic acids is 3. The zero-order valence-electron chi connectivity index (χ0n) is 15.4. The van der Waals surface area contributed by atoms with Gasteiger partial charge in [-0.15, -0.1) is 0 Å². The topological polar surface area (TPSA) is 88.9 Å². The Balaban J connectivity index is 1.54. The molecule has 1 aromatic heterocycles. The van der Waals surface area contributed by atoms with Crippen LogP contribution in [0.15, 0.2) is 41.0 Å². The number of furan rings is 1. The summed E-state index contributed by atoms with van der Waals surface area (Å²) >= 11 is 0. The molecule has 1 aliphatic heterocycles. The average Bonchev–Trinajstić information content (AvgIpc) is 3.13. The minimum Gasteiger partial charge on any atom is -0.465 e. The smallest absolute Gasteiger partial charge is 0.337 e. The fraction of sp³-hybridized carbons (Fsp3) is 0.350. The normalized spacial score (nSPS) is 14.7. The minimum absolute atomic E-state index is 0.00718. The minimum atomic E-state index is -0.433. The first kappa shape index (κ1) is 18.7. The molecule has 1 fully saturated rings. The molecular formula is C20H22N2O5. The van der Waals surface area contributed by atoms with Crippen LogP contribution in [0.2, 0.25) is 0 Å². The van der Waals surface area contributed by atoms with Crippen molar-refractivity contribution in [2.24, 2.45) is 0 Å². The molecule has 142 valence electrons. The Hall–Kier alpha value is -3.09. The maximum absolute atomic E-state index is 12.6. The van der Waals surface area contributed by atoms with E-state index in [-0.39, 0.29) is 17.9 Å². The lowest BCUT2D eigenvalue weighted by Crippen LogP contribution is -2.46. The van der Waals surface area contributed by atoms with Crippen LogP contribution < -0.4 is 5.32 Å². The van der Waals surface area contributed by atoms with Gasteiger partial charge >= 0.3 is 5.97 Å². The van der Waals surface area contributed by atoms with Crippen LogP contribution in [0.25, 0.3) is 0 Å². The number of nitrogens with zero attached hydrogens (tertiary/aromatic N) is 1. The predicted molar refractivity (Wildman–Crippen MR) is 97.6 cm³/mol. The van der Waals surface area contributed by atoms with E-state index in [4.69, 9.17) is 4.42 Å². The molecule has 7 heteroatoms. The van der Waals surface area contributed by atoms with E-state index in [1.807, 2.05) is 6.92 Å². The number of rotatable bonds is 4. The van der Waals surface area contributed by atoms with E-state index in [9.17, 15) is 14.4 Å². The van der Waals surface area contributed by atoms with Gasteiger partial charge in [-0.3, -0.25) is 9.59 Å². The van der Waals surface area contributed by atoms with Gasteiger partial charge in [-0.25, -0.2) is 4.79 Å². The Kier molecular flexibility index (Phi) is 5.59. The Morgan fingerprint density at radius 2 is 1.70 bits per heavy atom. The van der Waals surface area contributed by atoms with Gasteiger partial charge in [-0.2, -0.15) is 0 Å². The molecule has 0 bridgehead atoms. The number of esters is 1. The molecule has 0 saturated carbocycles. The van der Waals surface area contributed by atoms with Gasteiger partial charge in [0.25, 0.3) is 11.8 Å². The van der Waals surface area contributed by atoms with Gasteiger partial charge in [0.15, 0.2) is 5.76 Å². The Morgan fingerprint density at radius 1 is 1.07 bits per heavy atom. The quantitative estimate of drug-likeness (QED) is 0.835. The number of ether oxygens (including phenoxy) is 1. The number of amides is 2. The highest BCUT2D eigenvalue weighted by Crippen LogP contribution is 2.16. The number of carbonyl (C=O) groups is 3. The average molecular weight is 370 g/mol. The summed E-state index contributed by atoms with van der Waals surface area (Å²) in [6, 6.07) is 8.18. The highest BCUT2D eigenvalue weighted by Gasteiger charge is 2.26. The number of benzene rings is 1. The maximum Gasteiger partial charge on any atom is 0.337 e. The molecule has 27 heavy (non-hydrogen) atoms. The lowest BCUT2D eigenvalue weighted by Gasteiger charge is -2.32. The summed E-state index contributed by atoms with van der Waals surface area (Å²) in [5.41, 5.74) is 1.73. The summed E-state index contributed by atoms with van der Waals surface area (Å²) in [4.78, 5) is 38.1. The molecule has 2 heterocycles. The van der Waals surface area contributed by atoms with Gasteiger partial charge in [0.05, 0.1) is 18.9 Å². The molecule has 1 aliphatic rings. The van der Waals surface area contributed by atoms with E-state index in [1.165, 1.54) is 13.4 Å². The SMILES string of the molecule is COC(=O)c1ccc(C(=O)N2CCC(NC(=O)c3occc3C)CC2)cc1.